The van der Waals surface area contributed by atoms with Crippen molar-refractivity contribution in [3.05, 3.63) is 95.1 Å². The number of hydrogen-bond donors (Lipinski definition) is 2. The molecule has 1 aliphatic rings. The van der Waals surface area contributed by atoms with E-state index in [2.05, 4.69) is 5.32 Å². The van der Waals surface area contributed by atoms with E-state index in [1.54, 1.807) is 38.6 Å². The van der Waals surface area contributed by atoms with Gasteiger partial charge >= 0.3 is 18.4 Å². The van der Waals surface area contributed by atoms with E-state index in [-0.39, 0.29) is 12.2 Å². The zero-order valence-corrected chi connectivity index (χ0v) is 24.7. The van der Waals surface area contributed by atoms with E-state index >= 15 is 0 Å². The van der Waals surface area contributed by atoms with Crippen molar-refractivity contribution in [2.45, 2.75) is 67.4 Å². The van der Waals surface area contributed by atoms with Gasteiger partial charge in [-0.2, -0.15) is 26.3 Å². The number of fused-ring (bicyclic) bond motifs is 1. The van der Waals surface area contributed by atoms with E-state index < -0.39 is 47.2 Å². The van der Waals surface area contributed by atoms with E-state index in [0.717, 1.165) is 28.2 Å². The molecule has 2 amide bonds. The highest BCUT2D eigenvalue weighted by Crippen LogP contribution is 2.50. The lowest BCUT2D eigenvalue weighted by Gasteiger charge is -2.37. The van der Waals surface area contributed by atoms with Crippen molar-refractivity contribution >= 4 is 29.4 Å². The maximum Gasteiger partial charge on any atom is 0.430 e. The number of rotatable bonds is 6. The Morgan fingerprint density at radius 3 is 2.11 bits per heavy atom. The fourth-order valence-electron chi connectivity index (χ4n) is 4.73. The molecular formula is C31H30F6N2O4S. The van der Waals surface area contributed by atoms with Crippen LogP contribution in [0.1, 0.15) is 49.1 Å². The van der Waals surface area contributed by atoms with Crippen molar-refractivity contribution in [1.29, 1.82) is 0 Å². The number of amides is 2. The molecule has 3 aromatic rings. The van der Waals surface area contributed by atoms with E-state index in [1.165, 1.54) is 4.90 Å². The number of anilines is 1. The molecule has 2 N–H and O–H groups in total. The Morgan fingerprint density at radius 1 is 0.932 bits per heavy atom. The van der Waals surface area contributed by atoms with Crippen LogP contribution in [0.5, 0.6) is 0 Å². The second kappa shape index (κ2) is 12.4. The average molecular weight is 641 g/mol. The van der Waals surface area contributed by atoms with Crippen LogP contribution < -0.4 is 5.32 Å². The standard InChI is InChI=1S/C31H30F6N2O4S/c1-28(2,3)43-27(41)39-16-15-20-17-23(44-18-19-7-5-4-6-8-19)13-14-24(20)25(39)26(40)38-22-11-9-21(10-12-22)29(42,30(32,33)34)31(35,36)37/h4-14,17,25,42H,15-16,18H2,1-3H3,(H,38,40). The van der Waals surface area contributed by atoms with Gasteiger partial charge in [-0.15, -0.1) is 11.8 Å². The fourth-order valence-corrected chi connectivity index (χ4v) is 5.64. The minimum Gasteiger partial charge on any atom is -0.444 e. The van der Waals surface area contributed by atoms with Crippen LogP contribution in [0.4, 0.5) is 36.8 Å². The molecule has 0 saturated carbocycles. The number of nitrogens with zero attached hydrogens (tertiary/aromatic N) is 1. The smallest absolute Gasteiger partial charge is 0.430 e. The van der Waals surface area contributed by atoms with Crippen molar-refractivity contribution in [1.82, 2.24) is 4.90 Å². The second-order valence-electron chi connectivity index (χ2n) is 11.2. The number of benzene rings is 3. The molecule has 0 spiro atoms. The van der Waals surface area contributed by atoms with Gasteiger partial charge in [-0.05, 0) is 68.1 Å². The molecule has 0 aromatic heterocycles. The molecule has 0 radical (unpaired) electrons. The van der Waals surface area contributed by atoms with E-state index in [1.807, 2.05) is 42.5 Å². The first kappa shape index (κ1) is 33.2. The first-order valence-electron chi connectivity index (χ1n) is 13.5. The quantitative estimate of drug-likeness (QED) is 0.213. The van der Waals surface area contributed by atoms with Crippen LogP contribution in [0.2, 0.25) is 0 Å². The normalized spacial score (nSPS) is 15.9. The zero-order valence-electron chi connectivity index (χ0n) is 23.9. The molecule has 4 rings (SSSR count). The molecule has 1 aliphatic heterocycles. The summed E-state index contributed by atoms with van der Waals surface area (Å²) in [6.45, 7) is 5.12. The summed E-state index contributed by atoms with van der Waals surface area (Å²) < 4.78 is 85.2. The summed E-state index contributed by atoms with van der Waals surface area (Å²) in [6.07, 6.45) is -12.4. The van der Waals surface area contributed by atoms with Gasteiger partial charge in [0.2, 0.25) is 0 Å². The monoisotopic (exact) mass is 640 g/mol. The third-order valence-corrected chi connectivity index (χ3v) is 7.92. The molecule has 0 saturated heterocycles. The number of halogens is 6. The van der Waals surface area contributed by atoms with Gasteiger partial charge in [0.15, 0.2) is 0 Å². The molecule has 1 unspecified atom stereocenters. The molecule has 44 heavy (non-hydrogen) atoms. The molecule has 3 aromatic carbocycles. The topological polar surface area (TPSA) is 78.9 Å². The number of ether oxygens (including phenoxy) is 1. The lowest BCUT2D eigenvalue weighted by Crippen LogP contribution is -2.53. The van der Waals surface area contributed by atoms with Gasteiger partial charge in [-0.3, -0.25) is 9.69 Å². The molecule has 6 nitrogen and oxygen atoms in total. The first-order chi connectivity index (χ1) is 20.4. The van der Waals surface area contributed by atoms with Crippen LogP contribution in [0.3, 0.4) is 0 Å². The highest BCUT2D eigenvalue weighted by molar-refractivity contribution is 7.98. The van der Waals surface area contributed by atoms with Crippen LogP contribution in [0.15, 0.2) is 77.7 Å². The lowest BCUT2D eigenvalue weighted by atomic mass is 9.91. The van der Waals surface area contributed by atoms with Crippen molar-refractivity contribution in [2.24, 2.45) is 0 Å². The Labute approximate surface area is 254 Å². The van der Waals surface area contributed by atoms with Gasteiger partial charge in [0.1, 0.15) is 11.6 Å². The summed E-state index contributed by atoms with van der Waals surface area (Å²) in [7, 11) is 0. The Balaban J connectivity index is 1.62. The third kappa shape index (κ3) is 7.15. The minimum atomic E-state index is -6.05. The first-order valence-corrected chi connectivity index (χ1v) is 14.5. The molecule has 0 aliphatic carbocycles. The van der Waals surface area contributed by atoms with Crippen molar-refractivity contribution in [2.75, 3.05) is 11.9 Å². The largest absolute Gasteiger partial charge is 0.444 e. The summed E-state index contributed by atoms with van der Waals surface area (Å²) >= 11 is 1.59. The van der Waals surface area contributed by atoms with Crippen LogP contribution >= 0.6 is 11.8 Å². The van der Waals surface area contributed by atoms with Gasteiger partial charge < -0.3 is 15.2 Å². The van der Waals surface area contributed by atoms with Gasteiger partial charge in [-0.25, -0.2) is 4.79 Å². The molecule has 1 heterocycles. The van der Waals surface area contributed by atoms with Gasteiger partial charge in [-0.1, -0.05) is 48.5 Å². The van der Waals surface area contributed by atoms with Crippen LogP contribution in [-0.4, -0.2) is 46.5 Å². The van der Waals surface area contributed by atoms with Crippen molar-refractivity contribution < 1.29 is 45.8 Å². The second-order valence-corrected chi connectivity index (χ2v) is 12.3. The Hall–Kier alpha value is -3.71. The summed E-state index contributed by atoms with van der Waals surface area (Å²) in [6, 6.07) is 16.6. The average Bonchev–Trinajstić information content (AvgIpc) is 2.93. The van der Waals surface area contributed by atoms with Gasteiger partial charge in [0.05, 0.1) is 0 Å². The van der Waals surface area contributed by atoms with Gasteiger partial charge in [0, 0.05) is 28.4 Å². The summed E-state index contributed by atoms with van der Waals surface area (Å²) in [5.74, 6) is -0.0439. The Bertz CT molecular complexity index is 1470. The van der Waals surface area contributed by atoms with Gasteiger partial charge in [0.25, 0.3) is 11.5 Å². The predicted molar refractivity (Wildman–Crippen MR) is 153 cm³/mol. The Morgan fingerprint density at radius 2 is 1.55 bits per heavy atom. The number of carbonyl (C=O) groups is 2. The molecule has 236 valence electrons. The molecule has 1 atom stereocenters. The number of alkyl halides is 6. The fraction of sp³-hybridized carbons (Fsp3) is 0.355. The maximum absolute atomic E-state index is 13.6. The molecule has 0 fully saturated rings. The van der Waals surface area contributed by atoms with Crippen LogP contribution in [0.25, 0.3) is 0 Å². The van der Waals surface area contributed by atoms with Crippen LogP contribution in [-0.2, 0) is 27.3 Å². The van der Waals surface area contributed by atoms with Crippen LogP contribution in [0, 0.1) is 0 Å². The lowest BCUT2D eigenvalue weighted by molar-refractivity contribution is -0.376. The maximum atomic E-state index is 13.6. The van der Waals surface area contributed by atoms with E-state index in [0.29, 0.717) is 29.9 Å². The molecule has 13 heteroatoms. The zero-order chi connectivity index (χ0) is 32.5. The highest BCUT2D eigenvalue weighted by Gasteiger charge is 2.71. The highest BCUT2D eigenvalue weighted by atomic mass is 32.2. The summed E-state index contributed by atoms with van der Waals surface area (Å²) in [4.78, 5) is 28.9. The number of nitrogens with one attached hydrogen (secondary N) is 1. The number of hydrogen-bond acceptors (Lipinski definition) is 5. The van der Waals surface area contributed by atoms with Crippen molar-refractivity contribution in [3.63, 3.8) is 0 Å². The SMILES string of the molecule is CC(C)(C)OC(=O)N1CCc2cc(SCc3ccccc3)ccc2C1C(=O)Nc1ccc(C(O)(C(F)(F)F)C(F)(F)F)cc1. The Kier molecular flexibility index (Phi) is 9.32. The number of thioether (sulfide) groups is 1. The molecular weight excluding hydrogens is 610 g/mol. The third-order valence-electron chi connectivity index (χ3n) is 6.86. The predicted octanol–water partition coefficient (Wildman–Crippen LogP) is 7.76. The van der Waals surface area contributed by atoms with E-state index in [4.69, 9.17) is 4.74 Å². The number of carbonyl (C=O) groups excluding carboxylic acids is 2. The minimum absolute atomic E-state index is 0.121. The van der Waals surface area contributed by atoms with E-state index in [9.17, 15) is 41.0 Å². The molecule has 0 bridgehead atoms. The van der Waals surface area contributed by atoms with Crippen molar-refractivity contribution in [3.8, 4) is 0 Å². The summed E-state index contributed by atoms with van der Waals surface area (Å²) in [5.41, 5.74) is -5.15. The number of aliphatic hydroxyl groups is 1. The summed E-state index contributed by atoms with van der Waals surface area (Å²) in [5, 5.41) is 12.1.